The number of nitrogens with zero attached hydrogens (tertiary/aromatic N) is 2. The van der Waals surface area contributed by atoms with Crippen LogP contribution in [0.15, 0.2) is 0 Å². The maximum atomic E-state index is 11.7. The maximum absolute atomic E-state index is 11.7. The van der Waals surface area contributed by atoms with Crippen LogP contribution in [0.5, 0.6) is 0 Å². The lowest BCUT2D eigenvalue weighted by molar-refractivity contribution is -0.134. The summed E-state index contributed by atoms with van der Waals surface area (Å²) < 4.78 is 5.63. The van der Waals surface area contributed by atoms with Gasteiger partial charge < -0.3 is 15.4 Å². The van der Waals surface area contributed by atoms with Crippen LogP contribution in [0.2, 0.25) is 0 Å². The van der Waals surface area contributed by atoms with Gasteiger partial charge in [0.25, 0.3) is 0 Å². The van der Waals surface area contributed by atoms with Gasteiger partial charge in [-0.05, 0) is 19.8 Å². The van der Waals surface area contributed by atoms with Crippen LogP contribution in [-0.2, 0) is 9.53 Å². The Morgan fingerprint density at radius 1 is 1.41 bits per heavy atom. The summed E-state index contributed by atoms with van der Waals surface area (Å²) in [6, 6.07) is -0.375. The number of ether oxygens (including phenoxy) is 1. The van der Waals surface area contributed by atoms with Gasteiger partial charge in [0.05, 0.1) is 12.1 Å². The number of nitrogens with two attached hydrogens (primary N) is 1. The topological polar surface area (TPSA) is 58.8 Å². The van der Waals surface area contributed by atoms with Crippen molar-refractivity contribution in [2.75, 3.05) is 39.3 Å². The second-order valence-corrected chi connectivity index (χ2v) is 5.05. The normalized spacial score (nSPS) is 28.4. The van der Waals surface area contributed by atoms with E-state index in [-0.39, 0.29) is 11.9 Å². The van der Waals surface area contributed by atoms with E-state index in [2.05, 4.69) is 4.90 Å². The number of rotatable bonds is 3. The van der Waals surface area contributed by atoms with Crippen molar-refractivity contribution in [2.45, 2.75) is 31.9 Å². The largest absolute Gasteiger partial charge is 0.377 e. The quantitative estimate of drug-likeness (QED) is 0.734. The monoisotopic (exact) mass is 241 g/mol. The molecule has 5 heteroatoms. The van der Waals surface area contributed by atoms with E-state index in [4.69, 9.17) is 10.5 Å². The van der Waals surface area contributed by atoms with Crippen LogP contribution in [0.4, 0.5) is 0 Å². The van der Waals surface area contributed by atoms with Gasteiger partial charge in [0, 0.05) is 39.3 Å². The van der Waals surface area contributed by atoms with E-state index in [0.717, 1.165) is 39.3 Å². The zero-order valence-electron chi connectivity index (χ0n) is 10.6. The Bertz CT molecular complexity index is 256. The van der Waals surface area contributed by atoms with Crippen molar-refractivity contribution < 1.29 is 9.53 Å². The highest BCUT2D eigenvalue weighted by atomic mass is 16.5. The predicted molar refractivity (Wildman–Crippen MR) is 65.6 cm³/mol. The van der Waals surface area contributed by atoms with Crippen molar-refractivity contribution in [1.82, 2.24) is 9.80 Å². The van der Waals surface area contributed by atoms with E-state index in [9.17, 15) is 4.79 Å². The second-order valence-electron chi connectivity index (χ2n) is 5.05. The van der Waals surface area contributed by atoms with Crippen molar-refractivity contribution in [1.29, 1.82) is 0 Å². The smallest absolute Gasteiger partial charge is 0.239 e. The number of carbonyl (C=O) groups is 1. The molecule has 0 bridgehead atoms. The highest BCUT2D eigenvalue weighted by Gasteiger charge is 2.25. The summed E-state index contributed by atoms with van der Waals surface area (Å²) in [5.41, 5.74) is 5.61. The van der Waals surface area contributed by atoms with Crippen LogP contribution in [0.3, 0.4) is 0 Å². The van der Waals surface area contributed by atoms with Gasteiger partial charge in [-0.2, -0.15) is 0 Å². The van der Waals surface area contributed by atoms with E-state index >= 15 is 0 Å². The van der Waals surface area contributed by atoms with Crippen LogP contribution in [0.25, 0.3) is 0 Å². The highest BCUT2D eigenvalue weighted by molar-refractivity contribution is 5.81. The van der Waals surface area contributed by atoms with Crippen molar-refractivity contribution in [2.24, 2.45) is 5.73 Å². The van der Waals surface area contributed by atoms with Crippen LogP contribution in [0.1, 0.15) is 19.8 Å². The summed E-state index contributed by atoms with van der Waals surface area (Å²) in [5, 5.41) is 0. The predicted octanol–water partition coefficient (Wildman–Crippen LogP) is -0.343. The molecule has 2 heterocycles. The molecule has 0 radical (unpaired) electrons. The minimum Gasteiger partial charge on any atom is -0.377 e. The Morgan fingerprint density at radius 2 is 2.12 bits per heavy atom. The second kappa shape index (κ2) is 5.80. The molecule has 0 spiro atoms. The Kier molecular flexibility index (Phi) is 4.36. The molecule has 2 rings (SSSR count). The zero-order valence-corrected chi connectivity index (χ0v) is 10.6. The molecule has 0 saturated carbocycles. The third-order valence-electron chi connectivity index (χ3n) is 3.56. The standard InChI is InChI=1S/C12H23N3O2/c1-10(13)12(16)15-6-4-14(5-7-15)9-11-3-2-8-17-11/h10-11H,2-9,13H2,1H3/t10-,11+/m1/s1. The highest BCUT2D eigenvalue weighted by Crippen LogP contribution is 2.14. The molecular formula is C12H23N3O2. The average Bonchev–Trinajstić information content (AvgIpc) is 2.82. The fraction of sp³-hybridized carbons (Fsp3) is 0.917. The molecule has 2 aliphatic heterocycles. The number of hydrogen-bond donors (Lipinski definition) is 1. The lowest BCUT2D eigenvalue weighted by Gasteiger charge is -2.36. The van der Waals surface area contributed by atoms with Gasteiger partial charge in [-0.25, -0.2) is 0 Å². The van der Waals surface area contributed by atoms with Crippen LogP contribution in [-0.4, -0.2) is 67.2 Å². The molecule has 5 nitrogen and oxygen atoms in total. The maximum Gasteiger partial charge on any atom is 0.239 e. The van der Waals surface area contributed by atoms with Gasteiger partial charge in [-0.15, -0.1) is 0 Å². The molecule has 0 aromatic carbocycles. The van der Waals surface area contributed by atoms with E-state index < -0.39 is 0 Å². The number of carbonyl (C=O) groups excluding carboxylic acids is 1. The Labute approximate surface area is 103 Å². The molecule has 2 aliphatic rings. The number of amides is 1. The minimum atomic E-state index is -0.375. The molecule has 2 N–H and O–H groups in total. The van der Waals surface area contributed by atoms with Crippen LogP contribution >= 0.6 is 0 Å². The van der Waals surface area contributed by atoms with E-state index in [1.807, 2.05) is 4.90 Å². The van der Waals surface area contributed by atoms with E-state index in [1.54, 1.807) is 6.92 Å². The first kappa shape index (κ1) is 12.8. The molecule has 0 aliphatic carbocycles. The van der Waals surface area contributed by atoms with Gasteiger partial charge in [-0.1, -0.05) is 0 Å². The first-order valence-corrected chi connectivity index (χ1v) is 6.55. The molecular weight excluding hydrogens is 218 g/mol. The summed E-state index contributed by atoms with van der Waals surface area (Å²) in [5.74, 6) is 0.0711. The molecule has 1 amide bonds. The van der Waals surface area contributed by atoms with Gasteiger partial charge in [0.15, 0.2) is 0 Å². The minimum absolute atomic E-state index is 0.0711. The molecule has 0 aromatic heterocycles. The van der Waals surface area contributed by atoms with E-state index in [0.29, 0.717) is 6.10 Å². The fourth-order valence-electron chi connectivity index (χ4n) is 2.52. The molecule has 2 saturated heterocycles. The van der Waals surface area contributed by atoms with Crippen molar-refractivity contribution in [3.05, 3.63) is 0 Å². The fourth-order valence-corrected chi connectivity index (χ4v) is 2.52. The van der Waals surface area contributed by atoms with Crippen molar-refractivity contribution >= 4 is 5.91 Å². The summed E-state index contributed by atoms with van der Waals surface area (Å²) in [4.78, 5) is 16.0. The van der Waals surface area contributed by atoms with Crippen molar-refractivity contribution in [3.8, 4) is 0 Å². The zero-order chi connectivity index (χ0) is 12.3. The van der Waals surface area contributed by atoms with E-state index in [1.165, 1.54) is 12.8 Å². The molecule has 0 unspecified atom stereocenters. The lowest BCUT2D eigenvalue weighted by atomic mass is 10.2. The van der Waals surface area contributed by atoms with Gasteiger partial charge in [0.1, 0.15) is 0 Å². The number of piperazine rings is 1. The van der Waals surface area contributed by atoms with Gasteiger partial charge in [0.2, 0.25) is 5.91 Å². The first-order valence-electron chi connectivity index (χ1n) is 6.55. The lowest BCUT2D eigenvalue weighted by Crippen LogP contribution is -2.53. The summed E-state index contributed by atoms with van der Waals surface area (Å²) >= 11 is 0. The molecule has 0 aromatic rings. The Hall–Kier alpha value is -0.650. The average molecular weight is 241 g/mol. The van der Waals surface area contributed by atoms with Gasteiger partial charge >= 0.3 is 0 Å². The molecule has 2 fully saturated rings. The summed E-state index contributed by atoms with van der Waals surface area (Å²) in [6.45, 7) is 7.16. The van der Waals surface area contributed by atoms with Crippen LogP contribution < -0.4 is 5.73 Å². The summed E-state index contributed by atoms with van der Waals surface area (Å²) in [6.07, 6.45) is 2.78. The first-order chi connectivity index (χ1) is 8.16. The molecule has 2 atom stereocenters. The third-order valence-corrected chi connectivity index (χ3v) is 3.56. The van der Waals surface area contributed by atoms with Gasteiger partial charge in [-0.3, -0.25) is 9.69 Å². The summed E-state index contributed by atoms with van der Waals surface area (Å²) in [7, 11) is 0. The SMILES string of the molecule is C[C@@H](N)C(=O)N1CCN(C[C@@H]2CCCO2)CC1. The molecule has 98 valence electrons. The Morgan fingerprint density at radius 3 is 2.65 bits per heavy atom. The molecule has 17 heavy (non-hydrogen) atoms. The van der Waals surface area contributed by atoms with Crippen molar-refractivity contribution in [3.63, 3.8) is 0 Å². The third kappa shape index (κ3) is 3.40. The van der Waals surface area contributed by atoms with Crippen LogP contribution in [0, 0.1) is 0 Å². The number of hydrogen-bond acceptors (Lipinski definition) is 4. The Balaban J connectivity index is 1.72.